The maximum absolute atomic E-state index is 12.9. The molecule has 1 saturated heterocycles. The van der Waals surface area contributed by atoms with E-state index in [9.17, 15) is 9.59 Å². The fourth-order valence-corrected chi connectivity index (χ4v) is 4.32. The molecule has 0 radical (unpaired) electrons. The van der Waals surface area contributed by atoms with Gasteiger partial charge in [0.15, 0.2) is 0 Å². The lowest BCUT2D eigenvalue weighted by atomic mass is 10.1. The summed E-state index contributed by atoms with van der Waals surface area (Å²) in [6.45, 7) is 7.02. The Morgan fingerprint density at radius 1 is 0.969 bits per heavy atom. The summed E-state index contributed by atoms with van der Waals surface area (Å²) in [4.78, 5) is 29.8. The molecule has 7 nitrogen and oxygen atoms in total. The first-order valence-electron chi connectivity index (χ1n) is 11.4. The van der Waals surface area contributed by atoms with Crippen LogP contribution in [-0.2, 0) is 29.2 Å². The van der Waals surface area contributed by atoms with Gasteiger partial charge in [0, 0.05) is 51.9 Å². The number of anilines is 1. The molecular weight excluding hydrogens is 404 g/mol. The Morgan fingerprint density at radius 2 is 1.59 bits per heavy atom. The van der Waals surface area contributed by atoms with Crippen molar-refractivity contribution >= 4 is 22.6 Å². The first-order valence-corrected chi connectivity index (χ1v) is 11.4. The third kappa shape index (κ3) is 4.72. The summed E-state index contributed by atoms with van der Waals surface area (Å²) in [5.74, 6) is 0.0291. The molecule has 2 heterocycles. The summed E-state index contributed by atoms with van der Waals surface area (Å²) >= 11 is 0. The molecule has 4 rings (SSSR count). The van der Waals surface area contributed by atoms with E-state index < -0.39 is 0 Å². The van der Waals surface area contributed by atoms with Crippen LogP contribution >= 0.6 is 0 Å². The molecule has 1 fully saturated rings. The molecule has 1 aliphatic rings. The molecule has 1 aliphatic heterocycles. The van der Waals surface area contributed by atoms with E-state index in [0.29, 0.717) is 26.1 Å². The van der Waals surface area contributed by atoms with Gasteiger partial charge in [0.05, 0.1) is 24.2 Å². The van der Waals surface area contributed by atoms with Crippen LogP contribution in [-0.4, -0.2) is 53.3 Å². The third-order valence-corrected chi connectivity index (χ3v) is 6.08. The highest BCUT2D eigenvalue weighted by Crippen LogP contribution is 2.18. The van der Waals surface area contributed by atoms with Crippen LogP contribution in [0.1, 0.15) is 25.3 Å². The lowest BCUT2D eigenvalue weighted by molar-refractivity contribution is -0.130. The Bertz CT molecular complexity index is 1110. The number of aromatic nitrogens is 2. The van der Waals surface area contributed by atoms with Gasteiger partial charge in [-0.3, -0.25) is 13.9 Å². The van der Waals surface area contributed by atoms with Crippen molar-refractivity contribution < 1.29 is 9.53 Å². The number of carbonyl (C=O) groups excluding carboxylic acids is 1. The molecule has 0 N–H and O–H groups in total. The van der Waals surface area contributed by atoms with Crippen molar-refractivity contribution in [3.8, 4) is 0 Å². The second-order valence-corrected chi connectivity index (χ2v) is 8.34. The number of hydrogen-bond donors (Lipinski definition) is 0. The molecule has 1 aromatic heterocycles. The highest BCUT2D eigenvalue weighted by molar-refractivity contribution is 5.78. The van der Waals surface area contributed by atoms with Gasteiger partial charge in [-0.05, 0) is 36.2 Å². The zero-order valence-electron chi connectivity index (χ0n) is 19.0. The second-order valence-electron chi connectivity index (χ2n) is 8.34. The van der Waals surface area contributed by atoms with E-state index in [1.807, 2.05) is 31.3 Å². The van der Waals surface area contributed by atoms with E-state index in [1.165, 1.54) is 5.69 Å². The van der Waals surface area contributed by atoms with Gasteiger partial charge >= 0.3 is 5.69 Å². The number of imidazole rings is 1. The number of hydrogen-bond acceptors (Lipinski definition) is 4. The van der Waals surface area contributed by atoms with E-state index in [-0.39, 0.29) is 11.6 Å². The van der Waals surface area contributed by atoms with Crippen LogP contribution in [0.25, 0.3) is 11.0 Å². The number of carbonyl (C=O) groups is 1. The smallest absolute Gasteiger partial charge is 0.329 e. The molecule has 0 bridgehead atoms. The van der Waals surface area contributed by atoms with Crippen LogP contribution in [0.15, 0.2) is 53.3 Å². The van der Waals surface area contributed by atoms with E-state index >= 15 is 0 Å². The van der Waals surface area contributed by atoms with Gasteiger partial charge in [-0.1, -0.05) is 31.2 Å². The molecule has 0 unspecified atom stereocenters. The molecular formula is C25H32N4O3. The Balaban J connectivity index is 1.38. The summed E-state index contributed by atoms with van der Waals surface area (Å²) < 4.78 is 8.95. The summed E-state index contributed by atoms with van der Waals surface area (Å²) in [7, 11) is 1.82. The normalized spacial score (nSPS) is 14.1. The molecule has 1 amide bonds. The van der Waals surface area contributed by atoms with Gasteiger partial charge in [-0.15, -0.1) is 0 Å². The number of para-hydroxylation sites is 2. The van der Waals surface area contributed by atoms with Gasteiger partial charge < -0.3 is 14.5 Å². The molecule has 2 aromatic carbocycles. The van der Waals surface area contributed by atoms with Gasteiger partial charge in [0.2, 0.25) is 5.91 Å². The van der Waals surface area contributed by atoms with Crippen molar-refractivity contribution in [3.05, 3.63) is 64.6 Å². The Kier molecular flexibility index (Phi) is 6.95. The minimum absolute atomic E-state index is 0.0291. The SMILES string of the molecule is CCCn1c(=O)n(CCC(=O)N(C)Cc2ccc(N3CCOCC3)cc2)c2ccccc21. The number of ether oxygens (including phenoxy) is 1. The number of amides is 1. The lowest BCUT2D eigenvalue weighted by Gasteiger charge is -2.29. The lowest BCUT2D eigenvalue weighted by Crippen LogP contribution is -2.36. The number of nitrogens with zero attached hydrogens (tertiary/aromatic N) is 4. The van der Waals surface area contributed by atoms with E-state index in [2.05, 4.69) is 36.1 Å². The molecule has 0 saturated carbocycles. The largest absolute Gasteiger partial charge is 0.378 e. The average molecular weight is 437 g/mol. The fourth-order valence-electron chi connectivity index (χ4n) is 4.32. The predicted molar refractivity (Wildman–Crippen MR) is 127 cm³/mol. The Labute approximate surface area is 188 Å². The number of aryl methyl sites for hydroxylation is 2. The van der Waals surface area contributed by atoms with Gasteiger partial charge in [0.1, 0.15) is 0 Å². The average Bonchev–Trinajstić information content (AvgIpc) is 3.09. The molecule has 0 aliphatic carbocycles. The Hall–Kier alpha value is -3.06. The summed E-state index contributed by atoms with van der Waals surface area (Å²) in [5.41, 5.74) is 4.06. The van der Waals surface area contributed by atoms with E-state index in [4.69, 9.17) is 4.74 Å². The number of fused-ring (bicyclic) bond motifs is 1. The van der Waals surface area contributed by atoms with Gasteiger partial charge in [-0.25, -0.2) is 4.79 Å². The molecule has 7 heteroatoms. The first-order chi connectivity index (χ1) is 15.6. The molecule has 0 atom stereocenters. The minimum atomic E-state index is -0.0396. The van der Waals surface area contributed by atoms with Crippen molar-refractivity contribution in [2.75, 3.05) is 38.3 Å². The maximum atomic E-state index is 12.9. The maximum Gasteiger partial charge on any atom is 0.329 e. The molecule has 170 valence electrons. The van der Waals surface area contributed by atoms with Crippen LogP contribution in [0, 0.1) is 0 Å². The number of rotatable bonds is 8. The van der Waals surface area contributed by atoms with Crippen molar-refractivity contribution in [3.63, 3.8) is 0 Å². The summed E-state index contributed by atoms with van der Waals surface area (Å²) in [5, 5.41) is 0. The van der Waals surface area contributed by atoms with Crippen molar-refractivity contribution in [1.82, 2.24) is 14.0 Å². The summed E-state index contributed by atoms with van der Waals surface area (Å²) in [6.07, 6.45) is 1.18. The van der Waals surface area contributed by atoms with Crippen LogP contribution in [0.5, 0.6) is 0 Å². The Morgan fingerprint density at radius 3 is 2.22 bits per heavy atom. The molecule has 3 aromatic rings. The first kappa shape index (κ1) is 22.1. The van der Waals surface area contributed by atoms with Crippen LogP contribution < -0.4 is 10.6 Å². The molecule has 0 spiro atoms. The molecule has 32 heavy (non-hydrogen) atoms. The number of benzene rings is 2. The monoisotopic (exact) mass is 436 g/mol. The highest BCUT2D eigenvalue weighted by Gasteiger charge is 2.16. The van der Waals surface area contributed by atoms with Gasteiger partial charge in [0.25, 0.3) is 0 Å². The van der Waals surface area contributed by atoms with Crippen molar-refractivity contribution in [1.29, 1.82) is 0 Å². The van der Waals surface area contributed by atoms with E-state index in [1.54, 1.807) is 14.0 Å². The third-order valence-electron chi connectivity index (χ3n) is 6.08. The van der Waals surface area contributed by atoms with Crippen LogP contribution in [0.4, 0.5) is 5.69 Å². The quantitative estimate of drug-likeness (QED) is 0.545. The number of morpholine rings is 1. The van der Waals surface area contributed by atoms with Crippen molar-refractivity contribution in [2.24, 2.45) is 0 Å². The highest BCUT2D eigenvalue weighted by atomic mass is 16.5. The predicted octanol–water partition coefficient (Wildman–Crippen LogP) is 3.10. The zero-order valence-corrected chi connectivity index (χ0v) is 19.0. The summed E-state index contributed by atoms with van der Waals surface area (Å²) in [6, 6.07) is 16.2. The van der Waals surface area contributed by atoms with Crippen LogP contribution in [0.2, 0.25) is 0 Å². The second kappa shape index (κ2) is 10.0. The standard InChI is InChI=1S/C25H32N4O3/c1-3-13-28-22-6-4-5-7-23(22)29(25(28)31)14-12-24(30)26(2)19-20-8-10-21(11-9-20)27-15-17-32-18-16-27/h4-11H,3,12-19H2,1-2H3. The van der Waals surface area contributed by atoms with E-state index in [0.717, 1.165) is 49.3 Å². The zero-order chi connectivity index (χ0) is 22.5. The fraction of sp³-hybridized carbons (Fsp3) is 0.440. The van der Waals surface area contributed by atoms with Gasteiger partial charge in [-0.2, -0.15) is 0 Å². The minimum Gasteiger partial charge on any atom is -0.378 e. The van der Waals surface area contributed by atoms with Crippen molar-refractivity contribution in [2.45, 2.75) is 39.4 Å². The topological polar surface area (TPSA) is 59.7 Å². The van der Waals surface area contributed by atoms with Crippen LogP contribution in [0.3, 0.4) is 0 Å².